The van der Waals surface area contributed by atoms with Crippen LogP contribution >= 0.6 is 11.8 Å². The summed E-state index contributed by atoms with van der Waals surface area (Å²) in [7, 11) is 0. The fourth-order valence-electron chi connectivity index (χ4n) is 3.59. The van der Waals surface area contributed by atoms with Gasteiger partial charge >= 0.3 is 0 Å². The molecule has 0 atom stereocenters. The van der Waals surface area contributed by atoms with Gasteiger partial charge in [-0.05, 0) is 73.5 Å². The van der Waals surface area contributed by atoms with E-state index >= 15 is 0 Å². The third-order valence-corrected chi connectivity index (χ3v) is 6.61. The van der Waals surface area contributed by atoms with Crippen LogP contribution in [0.15, 0.2) is 75.1 Å². The highest BCUT2D eigenvalue weighted by Crippen LogP contribution is 2.29. The first-order valence-corrected chi connectivity index (χ1v) is 11.5. The van der Waals surface area contributed by atoms with Crippen LogP contribution in [0.4, 0.5) is 5.69 Å². The minimum absolute atomic E-state index is 0.0506. The highest BCUT2D eigenvalue weighted by atomic mass is 32.2. The van der Waals surface area contributed by atoms with Crippen LogP contribution in [0.3, 0.4) is 0 Å². The van der Waals surface area contributed by atoms with E-state index in [1.165, 1.54) is 22.3 Å². The minimum atomic E-state index is -0.0992. The van der Waals surface area contributed by atoms with Gasteiger partial charge in [0.05, 0.1) is 12.8 Å². The van der Waals surface area contributed by atoms with Crippen LogP contribution in [-0.4, -0.2) is 54.3 Å². The fourth-order valence-corrected chi connectivity index (χ4v) is 4.50. The van der Waals surface area contributed by atoms with Crippen molar-refractivity contribution >= 4 is 29.3 Å². The van der Waals surface area contributed by atoms with Crippen molar-refractivity contribution in [3.05, 3.63) is 77.7 Å². The van der Waals surface area contributed by atoms with Crippen molar-refractivity contribution in [2.24, 2.45) is 0 Å². The molecule has 0 saturated carbocycles. The number of rotatable bonds is 6. The summed E-state index contributed by atoms with van der Waals surface area (Å²) < 4.78 is 5.19. The van der Waals surface area contributed by atoms with E-state index in [0.717, 1.165) is 10.6 Å². The van der Waals surface area contributed by atoms with E-state index in [-0.39, 0.29) is 11.8 Å². The molecule has 0 unspecified atom stereocenters. The Morgan fingerprint density at radius 3 is 2.31 bits per heavy atom. The van der Waals surface area contributed by atoms with Gasteiger partial charge in [-0.3, -0.25) is 14.5 Å². The van der Waals surface area contributed by atoms with E-state index in [1.54, 1.807) is 28.8 Å². The second-order valence-electron chi connectivity index (χ2n) is 7.97. The Hall–Kier alpha value is -3.03. The van der Waals surface area contributed by atoms with Crippen LogP contribution < -0.4 is 5.32 Å². The van der Waals surface area contributed by atoms with Crippen LogP contribution in [-0.2, 0) is 4.79 Å². The maximum atomic E-state index is 12.5. The largest absolute Gasteiger partial charge is 0.459 e. The van der Waals surface area contributed by atoms with Crippen LogP contribution in [0.1, 0.15) is 21.7 Å². The van der Waals surface area contributed by atoms with Crippen LogP contribution in [0, 0.1) is 13.8 Å². The average molecular weight is 450 g/mol. The quantitative estimate of drug-likeness (QED) is 0.603. The number of carbonyl (C=O) groups excluding carboxylic acids is 2. The van der Waals surface area contributed by atoms with Gasteiger partial charge in [0, 0.05) is 41.7 Å². The Kier molecular flexibility index (Phi) is 6.97. The molecule has 2 heterocycles. The molecular weight excluding hydrogens is 422 g/mol. The van der Waals surface area contributed by atoms with Crippen molar-refractivity contribution in [3.8, 4) is 0 Å². The van der Waals surface area contributed by atoms with E-state index in [9.17, 15) is 9.59 Å². The number of benzene rings is 2. The highest BCUT2D eigenvalue weighted by molar-refractivity contribution is 7.99. The topological polar surface area (TPSA) is 65.8 Å². The first-order chi connectivity index (χ1) is 15.5. The Balaban J connectivity index is 1.24. The van der Waals surface area contributed by atoms with E-state index in [2.05, 4.69) is 42.3 Å². The molecule has 1 N–H and O–H groups in total. The molecule has 0 spiro atoms. The summed E-state index contributed by atoms with van der Waals surface area (Å²) in [5, 5.41) is 2.97. The lowest BCUT2D eigenvalue weighted by atomic mass is 10.1. The molecule has 0 aliphatic carbocycles. The zero-order valence-corrected chi connectivity index (χ0v) is 19.2. The lowest BCUT2D eigenvalue weighted by Gasteiger charge is -2.33. The molecule has 2 aromatic carbocycles. The number of carbonyl (C=O) groups is 2. The molecule has 1 aliphatic rings. The van der Waals surface area contributed by atoms with Crippen molar-refractivity contribution in [3.63, 3.8) is 0 Å². The predicted octanol–water partition coefficient (Wildman–Crippen LogP) is 4.44. The summed E-state index contributed by atoms with van der Waals surface area (Å²) in [6.45, 7) is 7.02. The van der Waals surface area contributed by atoms with Gasteiger partial charge in [0.2, 0.25) is 5.91 Å². The van der Waals surface area contributed by atoms with Gasteiger partial charge < -0.3 is 14.6 Å². The molecule has 1 aliphatic heterocycles. The molecule has 6 nitrogen and oxygen atoms in total. The summed E-state index contributed by atoms with van der Waals surface area (Å²) in [5.41, 5.74) is 3.36. The van der Waals surface area contributed by atoms with Gasteiger partial charge in [0.1, 0.15) is 0 Å². The lowest BCUT2D eigenvalue weighted by molar-refractivity contribution is -0.117. The summed E-state index contributed by atoms with van der Waals surface area (Å²) in [6.07, 6.45) is 1.50. The van der Waals surface area contributed by atoms with Crippen molar-refractivity contribution in [1.82, 2.24) is 9.80 Å². The molecule has 1 saturated heterocycles. The smallest absolute Gasteiger partial charge is 0.289 e. The number of anilines is 1. The molecule has 2 amide bonds. The number of piperazine rings is 1. The molecule has 3 aromatic rings. The molecule has 4 rings (SSSR count). The van der Waals surface area contributed by atoms with Gasteiger partial charge in [-0.15, -0.1) is 0 Å². The standard InChI is InChI=1S/C25H27N3O3S/c1-18-5-8-22(16-19(18)2)32-21-9-6-20(7-10-21)26-24(29)17-27-11-13-28(14-12-27)25(30)23-4-3-15-31-23/h3-10,15-16H,11-14,17H2,1-2H3,(H,26,29). The minimum Gasteiger partial charge on any atom is -0.459 e. The Morgan fingerprint density at radius 2 is 1.66 bits per heavy atom. The molecule has 32 heavy (non-hydrogen) atoms. The molecular formula is C25H27N3O3S. The number of nitrogens with zero attached hydrogens (tertiary/aromatic N) is 2. The summed E-state index contributed by atoms with van der Waals surface area (Å²) in [4.78, 5) is 31.0. The summed E-state index contributed by atoms with van der Waals surface area (Å²) in [6, 6.07) is 17.8. The van der Waals surface area contributed by atoms with Gasteiger partial charge in [0.15, 0.2) is 5.76 Å². The Bertz CT molecular complexity index is 1070. The molecule has 166 valence electrons. The predicted molar refractivity (Wildman–Crippen MR) is 126 cm³/mol. The molecule has 7 heteroatoms. The number of amides is 2. The summed E-state index contributed by atoms with van der Waals surface area (Å²) >= 11 is 1.71. The molecule has 1 aromatic heterocycles. The van der Waals surface area contributed by atoms with Gasteiger partial charge in [-0.25, -0.2) is 0 Å². The fraction of sp³-hybridized carbons (Fsp3) is 0.280. The summed E-state index contributed by atoms with van der Waals surface area (Å²) in [5.74, 6) is 0.207. The maximum absolute atomic E-state index is 12.5. The number of furan rings is 1. The molecule has 0 radical (unpaired) electrons. The second-order valence-corrected chi connectivity index (χ2v) is 9.11. The molecule has 0 bridgehead atoms. The third kappa shape index (κ3) is 5.60. The van der Waals surface area contributed by atoms with E-state index in [4.69, 9.17) is 4.42 Å². The average Bonchev–Trinajstić information content (AvgIpc) is 3.33. The number of aryl methyl sites for hydroxylation is 2. The van der Waals surface area contributed by atoms with E-state index in [0.29, 0.717) is 38.5 Å². The number of nitrogens with one attached hydrogen (secondary N) is 1. The number of hydrogen-bond acceptors (Lipinski definition) is 5. The van der Waals surface area contributed by atoms with Gasteiger partial charge in [0.25, 0.3) is 5.91 Å². The monoisotopic (exact) mass is 449 g/mol. The van der Waals surface area contributed by atoms with E-state index < -0.39 is 0 Å². The van der Waals surface area contributed by atoms with Crippen LogP contribution in [0.25, 0.3) is 0 Å². The van der Waals surface area contributed by atoms with E-state index in [1.807, 2.05) is 24.3 Å². The van der Waals surface area contributed by atoms with Crippen molar-refractivity contribution in [2.45, 2.75) is 23.6 Å². The zero-order chi connectivity index (χ0) is 22.5. The third-order valence-electron chi connectivity index (χ3n) is 5.61. The SMILES string of the molecule is Cc1ccc(Sc2ccc(NC(=O)CN3CCN(C(=O)c4ccco4)CC3)cc2)cc1C. The second kappa shape index (κ2) is 10.1. The van der Waals surface area contributed by atoms with Gasteiger partial charge in [-0.1, -0.05) is 17.8 Å². The zero-order valence-electron chi connectivity index (χ0n) is 18.3. The Labute approximate surface area is 192 Å². The normalized spacial score (nSPS) is 14.4. The first kappa shape index (κ1) is 22.2. The lowest BCUT2D eigenvalue weighted by Crippen LogP contribution is -2.50. The van der Waals surface area contributed by atoms with Gasteiger partial charge in [-0.2, -0.15) is 0 Å². The van der Waals surface area contributed by atoms with Crippen LogP contribution in [0.2, 0.25) is 0 Å². The highest BCUT2D eigenvalue weighted by Gasteiger charge is 2.24. The Morgan fingerprint density at radius 1 is 0.938 bits per heavy atom. The number of hydrogen-bond donors (Lipinski definition) is 1. The van der Waals surface area contributed by atoms with Crippen molar-refractivity contribution < 1.29 is 14.0 Å². The van der Waals surface area contributed by atoms with Crippen molar-refractivity contribution in [1.29, 1.82) is 0 Å². The first-order valence-electron chi connectivity index (χ1n) is 10.7. The van der Waals surface area contributed by atoms with Crippen molar-refractivity contribution in [2.75, 3.05) is 38.0 Å². The maximum Gasteiger partial charge on any atom is 0.289 e. The van der Waals surface area contributed by atoms with Crippen LogP contribution in [0.5, 0.6) is 0 Å². The molecule has 1 fully saturated rings.